The fourth-order valence-corrected chi connectivity index (χ4v) is 2.25. The van der Waals surface area contributed by atoms with E-state index < -0.39 is 6.10 Å². The average Bonchev–Trinajstić information content (AvgIpc) is 3.15. The molecular weight excluding hydrogens is 287 g/mol. The number of benzene rings is 1. The number of carbonyl (C=O) groups excluding carboxylic acids is 1. The van der Waals surface area contributed by atoms with Crippen LogP contribution in [0.1, 0.15) is 25.3 Å². The lowest BCUT2D eigenvalue weighted by Gasteiger charge is -2.18. The van der Waals surface area contributed by atoms with Gasteiger partial charge in [0.2, 0.25) is 0 Å². The third-order valence-electron chi connectivity index (χ3n) is 2.89. The van der Waals surface area contributed by atoms with Crippen molar-refractivity contribution in [1.29, 1.82) is 0 Å². The van der Waals surface area contributed by atoms with Gasteiger partial charge in [0.25, 0.3) is 5.91 Å². The molecule has 1 fully saturated rings. The minimum atomic E-state index is -0.621. The summed E-state index contributed by atoms with van der Waals surface area (Å²) in [6.07, 6.45) is 1.45. The topological polar surface area (TPSA) is 64.3 Å². The van der Waals surface area contributed by atoms with Crippen molar-refractivity contribution in [3.8, 4) is 5.75 Å². The fourth-order valence-electron chi connectivity index (χ4n) is 1.67. The van der Waals surface area contributed by atoms with Crippen LogP contribution in [-0.2, 0) is 11.3 Å². The molecule has 1 aliphatic rings. The Morgan fingerprint density at radius 2 is 2.21 bits per heavy atom. The summed E-state index contributed by atoms with van der Waals surface area (Å²) in [6.45, 7) is 1.93. The molecule has 0 aliphatic heterocycles. The molecule has 1 unspecified atom stereocenters. The van der Waals surface area contributed by atoms with Crippen LogP contribution in [0.2, 0.25) is 10.0 Å². The van der Waals surface area contributed by atoms with Gasteiger partial charge in [-0.1, -0.05) is 23.2 Å². The zero-order valence-electron chi connectivity index (χ0n) is 10.6. The number of nitrogens with two attached hydrogens (primary N) is 1. The van der Waals surface area contributed by atoms with E-state index in [1.165, 1.54) is 0 Å². The molecule has 0 aromatic heterocycles. The zero-order valence-corrected chi connectivity index (χ0v) is 12.1. The molecule has 3 N–H and O–H groups in total. The lowest BCUT2D eigenvalue weighted by molar-refractivity contribution is -0.127. The van der Waals surface area contributed by atoms with Gasteiger partial charge in [-0.3, -0.25) is 4.79 Å². The van der Waals surface area contributed by atoms with Crippen LogP contribution in [0.15, 0.2) is 12.1 Å². The van der Waals surface area contributed by atoms with Crippen molar-refractivity contribution in [3.05, 3.63) is 27.7 Å². The van der Waals surface area contributed by atoms with Gasteiger partial charge in [-0.25, -0.2) is 0 Å². The Hall–Kier alpha value is -0.970. The number of carbonyl (C=O) groups is 1. The van der Waals surface area contributed by atoms with E-state index >= 15 is 0 Å². The first-order chi connectivity index (χ1) is 9.01. The maximum atomic E-state index is 11.8. The molecule has 4 nitrogen and oxygen atoms in total. The molecule has 0 radical (unpaired) electrons. The molecule has 1 saturated carbocycles. The van der Waals surface area contributed by atoms with Crippen LogP contribution >= 0.6 is 23.2 Å². The summed E-state index contributed by atoms with van der Waals surface area (Å²) in [6, 6.07) is 3.56. The van der Waals surface area contributed by atoms with Crippen LogP contribution in [0, 0.1) is 0 Å². The lowest BCUT2D eigenvalue weighted by atomic mass is 10.2. The van der Waals surface area contributed by atoms with Crippen LogP contribution in [0.3, 0.4) is 0 Å². The van der Waals surface area contributed by atoms with Crippen LogP contribution in [0.25, 0.3) is 0 Å². The number of hydrogen-bond donors (Lipinski definition) is 2. The number of amides is 1. The van der Waals surface area contributed by atoms with Gasteiger partial charge in [0, 0.05) is 23.2 Å². The fraction of sp³-hybridized carbons (Fsp3) is 0.462. The standard InChI is InChI=1S/C13H16Cl2N2O2/c1-7(13(18)17-10-2-3-10)19-12-8(6-16)4-9(14)5-11(12)15/h4-5,7,10H,2-3,6,16H2,1H3,(H,17,18). The minimum absolute atomic E-state index is 0.142. The first kappa shape index (κ1) is 14.4. The zero-order chi connectivity index (χ0) is 14.0. The van der Waals surface area contributed by atoms with E-state index in [0.717, 1.165) is 12.8 Å². The predicted octanol–water partition coefficient (Wildman–Crippen LogP) is 2.50. The van der Waals surface area contributed by atoms with E-state index in [2.05, 4.69) is 5.32 Å². The maximum absolute atomic E-state index is 11.8. The molecule has 0 spiro atoms. The van der Waals surface area contributed by atoms with E-state index in [1.807, 2.05) is 0 Å². The van der Waals surface area contributed by atoms with Crippen molar-refractivity contribution in [2.24, 2.45) is 5.73 Å². The van der Waals surface area contributed by atoms with Crippen LogP contribution in [0.5, 0.6) is 5.75 Å². The van der Waals surface area contributed by atoms with Gasteiger partial charge in [-0.05, 0) is 31.9 Å². The Bertz CT molecular complexity index is 490. The quantitative estimate of drug-likeness (QED) is 0.878. The van der Waals surface area contributed by atoms with Gasteiger partial charge in [0.15, 0.2) is 6.10 Å². The first-order valence-electron chi connectivity index (χ1n) is 6.16. The van der Waals surface area contributed by atoms with Gasteiger partial charge < -0.3 is 15.8 Å². The van der Waals surface area contributed by atoms with Crippen LogP contribution < -0.4 is 15.8 Å². The number of halogens is 2. The number of nitrogens with one attached hydrogen (secondary N) is 1. The molecule has 19 heavy (non-hydrogen) atoms. The third kappa shape index (κ3) is 3.75. The summed E-state index contributed by atoms with van der Waals surface area (Å²) < 4.78 is 5.63. The Morgan fingerprint density at radius 1 is 1.53 bits per heavy atom. The van der Waals surface area contributed by atoms with Crippen molar-refractivity contribution in [2.45, 2.75) is 38.5 Å². The maximum Gasteiger partial charge on any atom is 0.260 e. The van der Waals surface area contributed by atoms with Crippen molar-refractivity contribution >= 4 is 29.1 Å². The molecule has 0 heterocycles. The second-order valence-corrected chi connectivity index (χ2v) is 5.47. The molecule has 1 aromatic rings. The van der Waals surface area contributed by atoms with Gasteiger partial charge in [0.1, 0.15) is 5.75 Å². The number of rotatable bonds is 5. The molecule has 1 aromatic carbocycles. The average molecular weight is 303 g/mol. The molecular formula is C13H16Cl2N2O2. The van der Waals surface area contributed by atoms with E-state index in [9.17, 15) is 4.79 Å². The monoisotopic (exact) mass is 302 g/mol. The lowest BCUT2D eigenvalue weighted by Crippen LogP contribution is -2.37. The highest BCUT2D eigenvalue weighted by molar-refractivity contribution is 6.35. The molecule has 104 valence electrons. The highest BCUT2D eigenvalue weighted by Gasteiger charge is 2.27. The highest BCUT2D eigenvalue weighted by Crippen LogP contribution is 2.33. The Kier molecular flexibility index (Phi) is 4.55. The summed E-state index contributed by atoms with van der Waals surface area (Å²) in [5.74, 6) is 0.281. The summed E-state index contributed by atoms with van der Waals surface area (Å²) in [4.78, 5) is 11.8. The second-order valence-electron chi connectivity index (χ2n) is 4.62. The summed E-state index contributed by atoms with van der Waals surface area (Å²) >= 11 is 12.0. The van der Waals surface area contributed by atoms with Gasteiger partial charge in [-0.15, -0.1) is 0 Å². The van der Waals surface area contributed by atoms with Gasteiger partial charge in [0.05, 0.1) is 5.02 Å². The highest BCUT2D eigenvalue weighted by atomic mass is 35.5. The van der Waals surface area contributed by atoms with Crippen LogP contribution in [0.4, 0.5) is 0 Å². The Balaban J connectivity index is 2.10. The van der Waals surface area contributed by atoms with Crippen molar-refractivity contribution in [3.63, 3.8) is 0 Å². The smallest absolute Gasteiger partial charge is 0.260 e. The van der Waals surface area contributed by atoms with E-state index in [4.69, 9.17) is 33.7 Å². The van der Waals surface area contributed by atoms with Gasteiger partial charge >= 0.3 is 0 Å². The van der Waals surface area contributed by atoms with Gasteiger partial charge in [-0.2, -0.15) is 0 Å². The third-order valence-corrected chi connectivity index (χ3v) is 3.39. The molecule has 0 saturated heterocycles. The summed E-state index contributed by atoms with van der Waals surface area (Å²) in [5, 5.41) is 3.73. The molecule has 1 aliphatic carbocycles. The molecule has 0 bridgehead atoms. The Morgan fingerprint density at radius 3 is 2.79 bits per heavy atom. The summed E-state index contributed by atoms with van der Waals surface area (Å²) in [5.41, 5.74) is 6.32. The van der Waals surface area contributed by atoms with E-state index in [1.54, 1.807) is 19.1 Å². The predicted molar refractivity (Wildman–Crippen MR) is 75.6 cm³/mol. The largest absolute Gasteiger partial charge is 0.479 e. The molecule has 6 heteroatoms. The van der Waals surface area contributed by atoms with E-state index in [-0.39, 0.29) is 12.5 Å². The van der Waals surface area contributed by atoms with E-state index in [0.29, 0.717) is 27.4 Å². The van der Waals surface area contributed by atoms with Crippen molar-refractivity contribution < 1.29 is 9.53 Å². The summed E-state index contributed by atoms with van der Waals surface area (Å²) in [7, 11) is 0. The normalized spacial score (nSPS) is 16.0. The molecule has 2 rings (SSSR count). The molecule has 1 atom stereocenters. The van der Waals surface area contributed by atoms with Crippen molar-refractivity contribution in [2.75, 3.05) is 0 Å². The van der Waals surface area contributed by atoms with Crippen molar-refractivity contribution in [1.82, 2.24) is 5.32 Å². The number of ether oxygens (including phenoxy) is 1. The SMILES string of the molecule is CC(Oc1c(Cl)cc(Cl)cc1CN)C(=O)NC1CC1. The first-order valence-corrected chi connectivity index (χ1v) is 6.92. The molecule has 1 amide bonds. The second kappa shape index (κ2) is 5.99. The van der Waals surface area contributed by atoms with Crippen LogP contribution in [-0.4, -0.2) is 18.1 Å². The number of hydrogen-bond acceptors (Lipinski definition) is 3. The Labute approximate surface area is 122 Å². The minimum Gasteiger partial charge on any atom is -0.479 e.